The average Bonchev–Trinajstić information content (AvgIpc) is 2.57. The lowest BCUT2D eigenvalue weighted by atomic mass is 9.75. The third-order valence-corrected chi connectivity index (χ3v) is 5.02. The summed E-state index contributed by atoms with van der Waals surface area (Å²) in [5, 5.41) is 20.4. The molecule has 0 spiro atoms. The number of carbonyl (C=O) groups excluding carboxylic acids is 1. The number of hydrogen-bond donors (Lipinski definition) is 2. The van der Waals surface area contributed by atoms with E-state index in [2.05, 4.69) is 6.58 Å². The number of allylic oxidation sites excluding steroid dienone is 3. The number of aliphatic hydroxyl groups is 2. The maximum atomic E-state index is 11.4. The maximum absolute atomic E-state index is 11.4. The van der Waals surface area contributed by atoms with Crippen LogP contribution >= 0.6 is 0 Å². The first-order valence-electron chi connectivity index (χ1n) is 9.49. The Kier molecular flexibility index (Phi) is 7.20. The zero-order chi connectivity index (χ0) is 20.2. The summed E-state index contributed by atoms with van der Waals surface area (Å²) in [4.78, 5) is 11.4. The van der Waals surface area contributed by atoms with E-state index in [1.165, 1.54) is 6.92 Å². The number of ether oxygens (including phenoxy) is 2. The molecular weight excluding hydrogens is 344 g/mol. The lowest BCUT2D eigenvalue weighted by molar-refractivity contribution is -0.150. The summed E-state index contributed by atoms with van der Waals surface area (Å²) in [6.45, 7) is 11.4. The summed E-state index contributed by atoms with van der Waals surface area (Å²) in [5.74, 6) is -0.490. The van der Waals surface area contributed by atoms with Crippen LogP contribution < -0.4 is 0 Å². The van der Waals surface area contributed by atoms with Crippen LogP contribution in [0.2, 0.25) is 0 Å². The smallest absolute Gasteiger partial charge is 0.303 e. The molecule has 1 aliphatic heterocycles. The average molecular weight is 376 g/mol. The van der Waals surface area contributed by atoms with Gasteiger partial charge in [-0.25, -0.2) is 0 Å². The number of carbonyl (C=O) groups is 1. The fraction of sp³-hybridized carbons (Fsp3) is 0.591. The van der Waals surface area contributed by atoms with Gasteiger partial charge in [-0.15, -0.1) is 0 Å². The molecule has 5 heteroatoms. The van der Waals surface area contributed by atoms with Gasteiger partial charge in [0, 0.05) is 19.3 Å². The highest BCUT2D eigenvalue weighted by molar-refractivity contribution is 5.66. The number of fused-ring (bicyclic) bond motifs is 1. The zero-order valence-electron chi connectivity index (χ0n) is 16.8. The van der Waals surface area contributed by atoms with Crippen LogP contribution in [-0.2, 0) is 14.3 Å². The van der Waals surface area contributed by atoms with Crippen LogP contribution in [0.25, 0.3) is 0 Å². The highest BCUT2D eigenvalue weighted by atomic mass is 16.6. The predicted molar refractivity (Wildman–Crippen MR) is 105 cm³/mol. The molecule has 2 aliphatic rings. The van der Waals surface area contributed by atoms with Gasteiger partial charge < -0.3 is 19.7 Å². The molecule has 0 unspecified atom stereocenters. The third kappa shape index (κ3) is 6.45. The van der Waals surface area contributed by atoms with Crippen LogP contribution in [0.5, 0.6) is 0 Å². The Hall–Kier alpha value is -1.69. The molecule has 4 atom stereocenters. The fourth-order valence-corrected chi connectivity index (χ4v) is 3.78. The van der Waals surface area contributed by atoms with E-state index in [9.17, 15) is 15.0 Å². The van der Waals surface area contributed by atoms with Gasteiger partial charge in [0.1, 0.15) is 6.10 Å². The Labute approximate surface area is 162 Å². The van der Waals surface area contributed by atoms with Gasteiger partial charge in [-0.2, -0.15) is 0 Å². The van der Waals surface area contributed by atoms with Gasteiger partial charge in [-0.3, -0.25) is 4.79 Å². The first-order chi connectivity index (χ1) is 12.6. The van der Waals surface area contributed by atoms with Gasteiger partial charge in [0.2, 0.25) is 0 Å². The predicted octanol–water partition coefficient (Wildman–Crippen LogP) is 3.44. The van der Waals surface area contributed by atoms with Gasteiger partial charge in [0.15, 0.2) is 6.29 Å². The first kappa shape index (κ1) is 21.6. The Bertz CT molecular complexity index is 650. The van der Waals surface area contributed by atoms with Crippen molar-refractivity contribution in [2.45, 2.75) is 65.0 Å². The summed E-state index contributed by atoms with van der Waals surface area (Å²) >= 11 is 0. The number of esters is 1. The highest BCUT2D eigenvalue weighted by Gasteiger charge is 2.38. The van der Waals surface area contributed by atoms with Crippen molar-refractivity contribution in [1.82, 2.24) is 0 Å². The van der Waals surface area contributed by atoms with Crippen LogP contribution in [0.4, 0.5) is 0 Å². The topological polar surface area (TPSA) is 76.0 Å². The molecule has 1 saturated heterocycles. The molecule has 0 aromatic heterocycles. The largest absolute Gasteiger partial charge is 0.458 e. The minimum Gasteiger partial charge on any atom is -0.458 e. The van der Waals surface area contributed by atoms with Gasteiger partial charge >= 0.3 is 5.97 Å². The third-order valence-electron chi connectivity index (χ3n) is 5.02. The summed E-state index contributed by atoms with van der Waals surface area (Å²) < 4.78 is 11.0. The van der Waals surface area contributed by atoms with Crippen molar-refractivity contribution in [3.8, 4) is 0 Å². The molecule has 0 aromatic rings. The first-order valence-corrected chi connectivity index (χ1v) is 9.49. The van der Waals surface area contributed by atoms with E-state index in [-0.39, 0.29) is 23.9 Å². The molecule has 0 amide bonds. The van der Waals surface area contributed by atoms with Crippen molar-refractivity contribution in [2.24, 2.45) is 11.8 Å². The van der Waals surface area contributed by atoms with Gasteiger partial charge in [0.25, 0.3) is 0 Å². The van der Waals surface area contributed by atoms with Gasteiger partial charge in [0.05, 0.1) is 12.2 Å². The fourth-order valence-electron chi connectivity index (χ4n) is 3.78. The maximum Gasteiger partial charge on any atom is 0.303 e. The molecule has 2 rings (SSSR count). The number of hydrogen-bond acceptors (Lipinski definition) is 5. The van der Waals surface area contributed by atoms with E-state index < -0.39 is 11.9 Å². The molecule has 0 bridgehead atoms. The number of aliphatic hydroxyl groups excluding tert-OH is 1. The molecule has 27 heavy (non-hydrogen) atoms. The number of rotatable bonds is 3. The van der Waals surface area contributed by atoms with E-state index in [0.717, 1.165) is 29.6 Å². The summed E-state index contributed by atoms with van der Waals surface area (Å²) in [6, 6.07) is 0. The SMILES string of the molecule is C=C1C[C@H](OC(C)=O)/C=C(\C)CC[C@@H]2/C(=C\C=C\C(C)(C)O)CO[C@H](O)[C@@H]12. The van der Waals surface area contributed by atoms with E-state index in [0.29, 0.717) is 13.0 Å². The summed E-state index contributed by atoms with van der Waals surface area (Å²) in [6.07, 6.45) is 8.38. The van der Waals surface area contributed by atoms with Crippen molar-refractivity contribution in [2.75, 3.05) is 6.61 Å². The standard InChI is InChI=1S/C22H32O5/c1-14-8-9-19-17(7-6-10-22(4,5)25)13-26-21(24)20(19)15(2)12-18(11-14)27-16(3)23/h6-7,10-11,18-21,24-25H,2,8-9,12-13H2,1,3-5H3/b10-6+,14-11+,17-7-/t18-,19-,20+,21+/m1/s1. The van der Waals surface area contributed by atoms with Crippen LogP contribution in [0.1, 0.15) is 47.0 Å². The molecule has 1 fully saturated rings. The Balaban J connectivity index is 2.30. The normalized spacial score (nSPS) is 33.6. The Morgan fingerprint density at radius 3 is 2.78 bits per heavy atom. The van der Waals surface area contributed by atoms with Crippen LogP contribution in [0, 0.1) is 11.8 Å². The second-order valence-electron chi connectivity index (χ2n) is 8.15. The second kappa shape index (κ2) is 9.00. The molecule has 0 radical (unpaired) electrons. The highest BCUT2D eigenvalue weighted by Crippen LogP contribution is 2.41. The van der Waals surface area contributed by atoms with E-state index in [4.69, 9.17) is 9.47 Å². The van der Waals surface area contributed by atoms with Crippen LogP contribution in [-0.4, -0.2) is 40.8 Å². The monoisotopic (exact) mass is 376 g/mol. The van der Waals surface area contributed by atoms with Crippen molar-refractivity contribution in [3.63, 3.8) is 0 Å². The van der Waals surface area contributed by atoms with Gasteiger partial charge in [-0.1, -0.05) is 36.0 Å². The Morgan fingerprint density at radius 2 is 2.15 bits per heavy atom. The van der Waals surface area contributed by atoms with Gasteiger partial charge in [-0.05, 0) is 51.2 Å². The summed E-state index contributed by atoms with van der Waals surface area (Å²) in [7, 11) is 0. The van der Waals surface area contributed by atoms with E-state index >= 15 is 0 Å². The molecule has 5 nitrogen and oxygen atoms in total. The lowest BCUT2D eigenvalue weighted by Gasteiger charge is -2.39. The van der Waals surface area contributed by atoms with Crippen molar-refractivity contribution >= 4 is 5.97 Å². The molecule has 2 N–H and O–H groups in total. The lowest BCUT2D eigenvalue weighted by Crippen LogP contribution is -2.39. The zero-order valence-corrected chi connectivity index (χ0v) is 16.8. The van der Waals surface area contributed by atoms with E-state index in [1.54, 1.807) is 19.9 Å². The van der Waals surface area contributed by atoms with Crippen LogP contribution in [0.3, 0.4) is 0 Å². The van der Waals surface area contributed by atoms with Crippen molar-refractivity contribution in [3.05, 3.63) is 47.6 Å². The minimum absolute atomic E-state index is 0.0899. The summed E-state index contributed by atoms with van der Waals surface area (Å²) in [5.41, 5.74) is 2.17. The van der Waals surface area contributed by atoms with Crippen molar-refractivity contribution in [1.29, 1.82) is 0 Å². The molecule has 150 valence electrons. The molecule has 1 aliphatic carbocycles. The minimum atomic E-state index is -0.922. The molecule has 1 heterocycles. The quantitative estimate of drug-likeness (QED) is 0.583. The molecule has 0 aromatic carbocycles. The van der Waals surface area contributed by atoms with Crippen LogP contribution in [0.15, 0.2) is 47.6 Å². The van der Waals surface area contributed by atoms with Crippen molar-refractivity contribution < 1.29 is 24.5 Å². The molecular formula is C22H32O5. The molecule has 0 saturated carbocycles. The second-order valence-corrected chi connectivity index (χ2v) is 8.15. The Morgan fingerprint density at radius 1 is 1.44 bits per heavy atom. The van der Waals surface area contributed by atoms with E-state index in [1.807, 2.05) is 25.2 Å².